The minimum atomic E-state index is -1.23. The highest BCUT2D eigenvalue weighted by Gasteiger charge is 2.37. The van der Waals surface area contributed by atoms with Gasteiger partial charge in [0.2, 0.25) is 0 Å². The molecule has 1 fully saturated rings. The molecule has 3 unspecified atom stereocenters. The second-order valence-corrected chi connectivity index (χ2v) is 5.28. The molecule has 1 rings (SSSR count). The number of rotatable bonds is 4. The van der Waals surface area contributed by atoms with Crippen LogP contribution in [-0.4, -0.2) is 52.8 Å². The van der Waals surface area contributed by atoms with E-state index in [0.29, 0.717) is 19.6 Å². The molecule has 0 bridgehead atoms. The maximum Gasteiger partial charge on any atom is 0.329 e. The lowest BCUT2D eigenvalue weighted by Crippen LogP contribution is -2.60. The number of nitrogens with one attached hydrogen (secondary N) is 1. The minimum Gasteiger partial charge on any atom is -0.480 e. The number of urea groups is 1. The highest BCUT2D eigenvalue weighted by Crippen LogP contribution is 2.17. The summed E-state index contributed by atoms with van der Waals surface area (Å²) in [7, 11) is 0. The van der Waals surface area contributed by atoms with E-state index in [0.717, 1.165) is 6.42 Å². The Bertz CT molecular complexity index is 348. The molecular formula is C13H24N2O4. The van der Waals surface area contributed by atoms with Crippen molar-refractivity contribution in [3.8, 4) is 0 Å². The van der Waals surface area contributed by atoms with E-state index in [1.807, 2.05) is 13.8 Å². The number of carbonyl (C=O) groups excluding carboxylic acids is 1. The quantitative estimate of drug-likeness (QED) is 0.812. The lowest BCUT2D eigenvalue weighted by molar-refractivity contribution is -0.144. The first kappa shape index (κ1) is 15.8. The Hall–Kier alpha value is -1.30. The Morgan fingerprint density at radius 2 is 2.11 bits per heavy atom. The third-order valence-corrected chi connectivity index (χ3v) is 3.76. The topological polar surface area (TPSA) is 78.9 Å². The van der Waals surface area contributed by atoms with Gasteiger partial charge < -0.3 is 20.1 Å². The first-order valence-corrected chi connectivity index (χ1v) is 6.77. The van der Waals surface area contributed by atoms with E-state index in [-0.39, 0.29) is 18.2 Å². The van der Waals surface area contributed by atoms with E-state index in [1.54, 1.807) is 11.8 Å². The number of morpholine rings is 1. The molecule has 19 heavy (non-hydrogen) atoms. The number of hydrogen-bond donors (Lipinski definition) is 2. The summed E-state index contributed by atoms with van der Waals surface area (Å²) in [5.74, 6) is -1.02. The molecule has 0 saturated carbocycles. The molecule has 1 aliphatic heterocycles. The maximum atomic E-state index is 12.3. The Balaban J connectivity index is 2.77. The van der Waals surface area contributed by atoms with Gasteiger partial charge in [-0.3, -0.25) is 0 Å². The van der Waals surface area contributed by atoms with Gasteiger partial charge in [-0.2, -0.15) is 0 Å². The molecule has 0 aromatic rings. The van der Waals surface area contributed by atoms with Crippen molar-refractivity contribution in [2.75, 3.05) is 13.2 Å². The van der Waals surface area contributed by atoms with Crippen LogP contribution in [0.1, 0.15) is 40.5 Å². The van der Waals surface area contributed by atoms with Crippen LogP contribution in [0.3, 0.4) is 0 Å². The van der Waals surface area contributed by atoms with Gasteiger partial charge in [-0.25, -0.2) is 9.59 Å². The summed E-state index contributed by atoms with van der Waals surface area (Å²) >= 11 is 0. The van der Waals surface area contributed by atoms with Gasteiger partial charge >= 0.3 is 12.0 Å². The minimum absolute atomic E-state index is 0.00565. The summed E-state index contributed by atoms with van der Waals surface area (Å²) in [6.07, 6.45) is 1.10. The van der Waals surface area contributed by atoms with Crippen molar-refractivity contribution in [1.82, 2.24) is 10.2 Å². The number of carbonyl (C=O) groups is 2. The van der Waals surface area contributed by atoms with Crippen LogP contribution >= 0.6 is 0 Å². The molecule has 2 N–H and O–H groups in total. The van der Waals surface area contributed by atoms with E-state index in [2.05, 4.69) is 5.32 Å². The maximum absolute atomic E-state index is 12.3. The Morgan fingerprint density at radius 1 is 1.47 bits per heavy atom. The Labute approximate surface area is 114 Å². The molecule has 1 heterocycles. The molecule has 0 aromatic carbocycles. The summed E-state index contributed by atoms with van der Waals surface area (Å²) in [6, 6.07) is -0.320. The van der Waals surface area contributed by atoms with E-state index in [4.69, 9.17) is 4.74 Å². The number of nitrogens with zero attached hydrogens (tertiary/aromatic N) is 1. The van der Waals surface area contributed by atoms with Crippen LogP contribution in [0.4, 0.5) is 4.79 Å². The molecule has 3 atom stereocenters. The van der Waals surface area contributed by atoms with E-state index >= 15 is 0 Å². The number of carboxylic acids is 1. The van der Waals surface area contributed by atoms with Crippen LogP contribution in [0, 0.1) is 0 Å². The molecular weight excluding hydrogens is 248 g/mol. The second-order valence-electron chi connectivity index (χ2n) is 5.28. The van der Waals surface area contributed by atoms with Crippen molar-refractivity contribution in [1.29, 1.82) is 0 Å². The molecule has 110 valence electrons. The fourth-order valence-electron chi connectivity index (χ4n) is 2.03. The van der Waals surface area contributed by atoms with Crippen molar-refractivity contribution < 1.29 is 19.4 Å². The van der Waals surface area contributed by atoms with Crippen molar-refractivity contribution in [2.45, 2.75) is 58.2 Å². The molecule has 6 nitrogen and oxygen atoms in total. The van der Waals surface area contributed by atoms with Crippen molar-refractivity contribution >= 4 is 12.0 Å². The SMILES string of the molecule is CCC1COC(C)CN1C(=O)NC(C)(CC)C(=O)O. The molecule has 1 saturated heterocycles. The molecule has 1 aliphatic rings. The Morgan fingerprint density at radius 3 is 2.58 bits per heavy atom. The van der Waals surface area contributed by atoms with Crippen molar-refractivity contribution in [2.24, 2.45) is 0 Å². The van der Waals surface area contributed by atoms with Crippen LogP contribution in [0.15, 0.2) is 0 Å². The van der Waals surface area contributed by atoms with Crippen LogP contribution in [-0.2, 0) is 9.53 Å². The van der Waals surface area contributed by atoms with Crippen LogP contribution in [0.2, 0.25) is 0 Å². The fraction of sp³-hybridized carbons (Fsp3) is 0.846. The highest BCUT2D eigenvalue weighted by molar-refractivity contribution is 5.86. The van der Waals surface area contributed by atoms with E-state index < -0.39 is 11.5 Å². The summed E-state index contributed by atoms with van der Waals surface area (Å²) in [6.45, 7) is 8.15. The van der Waals surface area contributed by atoms with Crippen LogP contribution in [0.5, 0.6) is 0 Å². The predicted molar refractivity (Wildman–Crippen MR) is 71.1 cm³/mol. The van der Waals surface area contributed by atoms with Gasteiger partial charge in [0.1, 0.15) is 5.54 Å². The molecule has 0 aromatic heterocycles. The Kier molecular flexibility index (Phi) is 5.17. The normalized spacial score (nSPS) is 26.6. The summed E-state index contributed by atoms with van der Waals surface area (Å²) in [5, 5.41) is 11.8. The second kappa shape index (κ2) is 6.23. The van der Waals surface area contributed by atoms with Crippen LogP contribution in [0.25, 0.3) is 0 Å². The molecule has 0 spiro atoms. The summed E-state index contributed by atoms with van der Waals surface area (Å²) in [5.41, 5.74) is -1.23. The lowest BCUT2D eigenvalue weighted by Gasteiger charge is -2.39. The predicted octanol–water partition coefficient (Wildman–Crippen LogP) is 1.45. The molecule has 2 amide bonds. The third-order valence-electron chi connectivity index (χ3n) is 3.76. The van der Waals surface area contributed by atoms with Crippen molar-refractivity contribution in [3.05, 3.63) is 0 Å². The first-order chi connectivity index (χ1) is 8.84. The van der Waals surface area contributed by atoms with Crippen LogP contribution < -0.4 is 5.32 Å². The number of ether oxygens (including phenoxy) is 1. The average molecular weight is 272 g/mol. The average Bonchev–Trinajstić information content (AvgIpc) is 2.38. The zero-order chi connectivity index (χ0) is 14.6. The van der Waals surface area contributed by atoms with Gasteiger partial charge in [0.05, 0.1) is 18.8 Å². The third kappa shape index (κ3) is 3.59. The smallest absolute Gasteiger partial charge is 0.329 e. The monoisotopic (exact) mass is 272 g/mol. The summed E-state index contributed by atoms with van der Waals surface area (Å²) < 4.78 is 5.53. The number of aliphatic carboxylic acids is 1. The van der Waals surface area contributed by atoms with Gasteiger partial charge in [-0.05, 0) is 26.7 Å². The number of hydrogen-bond acceptors (Lipinski definition) is 3. The van der Waals surface area contributed by atoms with Gasteiger partial charge in [0.15, 0.2) is 0 Å². The fourth-order valence-corrected chi connectivity index (χ4v) is 2.03. The number of carboxylic acid groups (broad SMARTS) is 1. The van der Waals surface area contributed by atoms with Gasteiger partial charge in [-0.15, -0.1) is 0 Å². The van der Waals surface area contributed by atoms with Gasteiger partial charge in [-0.1, -0.05) is 13.8 Å². The summed E-state index contributed by atoms with van der Waals surface area (Å²) in [4.78, 5) is 25.2. The standard InChI is InChI=1S/C13H24N2O4/c1-5-10-8-19-9(3)7-15(10)12(18)14-13(4,6-2)11(16)17/h9-10H,5-8H2,1-4H3,(H,14,18)(H,16,17). The van der Waals surface area contributed by atoms with E-state index in [1.165, 1.54) is 6.92 Å². The lowest BCUT2D eigenvalue weighted by atomic mass is 9.99. The molecule has 0 radical (unpaired) electrons. The van der Waals surface area contributed by atoms with E-state index in [9.17, 15) is 14.7 Å². The first-order valence-electron chi connectivity index (χ1n) is 6.77. The highest BCUT2D eigenvalue weighted by atomic mass is 16.5. The van der Waals surface area contributed by atoms with Gasteiger partial charge in [0.25, 0.3) is 0 Å². The zero-order valence-electron chi connectivity index (χ0n) is 12.1. The molecule has 6 heteroatoms. The number of amides is 2. The van der Waals surface area contributed by atoms with Gasteiger partial charge in [0, 0.05) is 6.54 Å². The zero-order valence-corrected chi connectivity index (χ0v) is 12.1. The largest absolute Gasteiger partial charge is 0.480 e. The molecule has 0 aliphatic carbocycles. The van der Waals surface area contributed by atoms with Crippen molar-refractivity contribution in [3.63, 3.8) is 0 Å².